The van der Waals surface area contributed by atoms with Crippen molar-refractivity contribution in [2.45, 2.75) is 13.0 Å². The summed E-state index contributed by atoms with van der Waals surface area (Å²) in [4.78, 5) is 3.24. The Morgan fingerprint density at radius 2 is 1.95 bits per heavy atom. The van der Waals surface area contributed by atoms with Crippen LogP contribution >= 0.6 is 11.6 Å². The molecule has 2 aromatic carbocycles. The average Bonchev–Trinajstić information content (AvgIpc) is 2.93. The van der Waals surface area contributed by atoms with E-state index in [1.54, 1.807) is 0 Å². The van der Waals surface area contributed by atoms with Gasteiger partial charge in [-0.15, -0.1) is 0 Å². The molecule has 3 rings (SSSR count). The molecular formula is C17H17ClN2. The van der Waals surface area contributed by atoms with Crippen molar-refractivity contribution in [1.82, 2.24) is 10.3 Å². The van der Waals surface area contributed by atoms with Crippen molar-refractivity contribution in [1.29, 1.82) is 0 Å². The van der Waals surface area contributed by atoms with Gasteiger partial charge in [0.15, 0.2) is 0 Å². The third-order valence-electron chi connectivity index (χ3n) is 3.48. The highest BCUT2D eigenvalue weighted by Crippen LogP contribution is 2.15. The molecule has 3 aromatic rings. The van der Waals surface area contributed by atoms with Gasteiger partial charge in [0.1, 0.15) is 0 Å². The van der Waals surface area contributed by atoms with E-state index in [9.17, 15) is 0 Å². The molecule has 0 saturated carbocycles. The van der Waals surface area contributed by atoms with Crippen LogP contribution in [-0.2, 0) is 13.0 Å². The molecule has 0 aliphatic carbocycles. The predicted octanol–water partition coefficient (Wildman–Crippen LogP) is 4.15. The molecular weight excluding hydrogens is 268 g/mol. The Labute approximate surface area is 123 Å². The summed E-state index contributed by atoms with van der Waals surface area (Å²) < 4.78 is 0. The number of H-pyrrole nitrogens is 1. The first-order valence-corrected chi connectivity index (χ1v) is 7.21. The lowest BCUT2D eigenvalue weighted by atomic mass is 10.1. The molecule has 3 heteroatoms. The number of benzene rings is 2. The van der Waals surface area contributed by atoms with Gasteiger partial charge in [-0.2, -0.15) is 0 Å². The Balaban J connectivity index is 1.53. The topological polar surface area (TPSA) is 27.8 Å². The van der Waals surface area contributed by atoms with Crippen LogP contribution in [0.1, 0.15) is 11.1 Å². The molecule has 1 aromatic heterocycles. The molecule has 0 saturated heterocycles. The smallest absolute Gasteiger partial charge is 0.0457 e. The average molecular weight is 285 g/mol. The number of hydrogen-bond acceptors (Lipinski definition) is 1. The van der Waals surface area contributed by atoms with Crippen LogP contribution < -0.4 is 5.32 Å². The molecule has 0 radical (unpaired) electrons. The maximum absolute atomic E-state index is 6.14. The van der Waals surface area contributed by atoms with Crippen LogP contribution in [0.15, 0.2) is 54.7 Å². The predicted molar refractivity (Wildman–Crippen MR) is 85.2 cm³/mol. The Hall–Kier alpha value is -1.77. The molecule has 0 atom stereocenters. The fourth-order valence-electron chi connectivity index (χ4n) is 2.36. The van der Waals surface area contributed by atoms with Gasteiger partial charge in [0.2, 0.25) is 0 Å². The monoisotopic (exact) mass is 284 g/mol. The van der Waals surface area contributed by atoms with Gasteiger partial charge in [0.05, 0.1) is 0 Å². The van der Waals surface area contributed by atoms with Crippen molar-refractivity contribution in [2.75, 3.05) is 6.54 Å². The van der Waals surface area contributed by atoms with E-state index < -0.39 is 0 Å². The minimum absolute atomic E-state index is 0.849. The standard InChI is InChI=1S/C17H17ClN2/c18-16-4-2-1-3-14(16)7-9-19-12-13-5-6-15-8-10-20-17(15)11-13/h1-6,8,10-11,19-20H,7,9,12H2. The summed E-state index contributed by atoms with van der Waals surface area (Å²) >= 11 is 6.14. The summed E-state index contributed by atoms with van der Waals surface area (Å²) in [6, 6.07) is 16.6. The molecule has 2 N–H and O–H groups in total. The zero-order valence-electron chi connectivity index (χ0n) is 11.2. The maximum atomic E-state index is 6.14. The van der Waals surface area contributed by atoms with Crippen LogP contribution in [0.25, 0.3) is 10.9 Å². The molecule has 1 heterocycles. The van der Waals surface area contributed by atoms with Gasteiger partial charge in [-0.1, -0.05) is 41.9 Å². The third kappa shape index (κ3) is 3.03. The first-order chi connectivity index (χ1) is 9.83. The van der Waals surface area contributed by atoms with Crippen LogP contribution in [0.5, 0.6) is 0 Å². The second-order valence-corrected chi connectivity index (χ2v) is 5.32. The van der Waals surface area contributed by atoms with Crippen LogP contribution in [0.3, 0.4) is 0 Å². The van der Waals surface area contributed by atoms with Gasteiger partial charge in [0, 0.05) is 23.3 Å². The van der Waals surface area contributed by atoms with Gasteiger partial charge in [0.25, 0.3) is 0 Å². The van der Waals surface area contributed by atoms with E-state index in [-0.39, 0.29) is 0 Å². The highest BCUT2D eigenvalue weighted by atomic mass is 35.5. The van der Waals surface area contributed by atoms with E-state index in [4.69, 9.17) is 11.6 Å². The molecule has 0 aliphatic heterocycles. The van der Waals surface area contributed by atoms with E-state index in [0.717, 1.165) is 24.5 Å². The Bertz CT molecular complexity index is 703. The second kappa shape index (κ2) is 6.12. The summed E-state index contributed by atoms with van der Waals surface area (Å²) in [6.45, 7) is 1.80. The van der Waals surface area contributed by atoms with Crippen LogP contribution in [0, 0.1) is 0 Å². The summed E-state index contributed by atoms with van der Waals surface area (Å²) in [5.74, 6) is 0. The highest BCUT2D eigenvalue weighted by molar-refractivity contribution is 6.31. The van der Waals surface area contributed by atoms with Crippen molar-refractivity contribution >= 4 is 22.5 Å². The third-order valence-corrected chi connectivity index (χ3v) is 3.85. The van der Waals surface area contributed by atoms with Crippen LogP contribution in [-0.4, -0.2) is 11.5 Å². The lowest BCUT2D eigenvalue weighted by Crippen LogP contribution is -2.16. The quantitative estimate of drug-likeness (QED) is 0.677. The molecule has 2 nitrogen and oxygen atoms in total. The number of aromatic nitrogens is 1. The van der Waals surface area contributed by atoms with Gasteiger partial charge >= 0.3 is 0 Å². The van der Waals surface area contributed by atoms with E-state index in [1.807, 2.05) is 24.4 Å². The zero-order chi connectivity index (χ0) is 13.8. The fourth-order valence-corrected chi connectivity index (χ4v) is 2.59. The molecule has 0 spiro atoms. The number of fused-ring (bicyclic) bond motifs is 1. The number of halogens is 1. The van der Waals surface area contributed by atoms with Gasteiger partial charge in [-0.05, 0) is 47.7 Å². The number of aromatic amines is 1. The first kappa shape index (κ1) is 13.2. The fraction of sp³-hybridized carbons (Fsp3) is 0.176. The van der Waals surface area contributed by atoms with Gasteiger partial charge in [-0.3, -0.25) is 0 Å². The van der Waals surface area contributed by atoms with Crippen molar-refractivity contribution in [3.05, 3.63) is 70.9 Å². The summed E-state index contributed by atoms with van der Waals surface area (Å²) in [5.41, 5.74) is 3.68. The lowest BCUT2D eigenvalue weighted by molar-refractivity contribution is 0.687. The van der Waals surface area contributed by atoms with Crippen LogP contribution in [0.4, 0.5) is 0 Å². The Morgan fingerprint density at radius 3 is 2.85 bits per heavy atom. The molecule has 20 heavy (non-hydrogen) atoms. The number of hydrogen-bond donors (Lipinski definition) is 2. The Morgan fingerprint density at radius 1 is 1.05 bits per heavy atom. The van der Waals surface area contributed by atoms with Crippen molar-refractivity contribution in [3.63, 3.8) is 0 Å². The van der Waals surface area contributed by atoms with Crippen molar-refractivity contribution in [3.8, 4) is 0 Å². The molecule has 0 amide bonds. The van der Waals surface area contributed by atoms with Crippen molar-refractivity contribution < 1.29 is 0 Å². The Kier molecular flexibility index (Phi) is 4.05. The molecule has 0 bridgehead atoms. The minimum atomic E-state index is 0.849. The molecule has 0 aliphatic rings. The largest absolute Gasteiger partial charge is 0.361 e. The summed E-state index contributed by atoms with van der Waals surface area (Å²) in [5, 5.41) is 5.57. The van der Waals surface area contributed by atoms with E-state index in [2.05, 4.69) is 40.6 Å². The maximum Gasteiger partial charge on any atom is 0.0457 e. The molecule has 102 valence electrons. The zero-order valence-corrected chi connectivity index (χ0v) is 12.0. The first-order valence-electron chi connectivity index (χ1n) is 6.83. The SMILES string of the molecule is Clc1ccccc1CCNCc1ccc2cc[nH]c2c1. The van der Waals surface area contributed by atoms with Gasteiger partial charge in [-0.25, -0.2) is 0 Å². The van der Waals surface area contributed by atoms with Crippen LogP contribution in [0.2, 0.25) is 5.02 Å². The number of nitrogens with one attached hydrogen (secondary N) is 2. The molecule has 0 fully saturated rings. The van der Waals surface area contributed by atoms with Gasteiger partial charge < -0.3 is 10.3 Å². The number of rotatable bonds is 5. The van der Waals surface area contributed by atoms with E-state index in [1.165, 1.54) is 22.0 Å². The van der Waals surface area contributed by atoms with E-state index in [0.29, 0.717) is 0 Å². The highest BCUT2D eigenvalue weighted by Gasteiger charge is 2.00. The normalized spacial score (nSPS) is 11.1. The minimum Gasteiger partial charge on any atom is -0.361 e. The van der Waals surface area contributed by atoms with E-state index >= 15 is 0 Å². The molecule has 0 unspecified atom stereocenters. The second-order valence-electron chi connectivity index (χ2n) is 4.92. The lowest BCUT2D eigenvalue weighted by Gasteiger charge is -2.07. The summed E-state index contributed by atoms with van der Waals surface area (Å²) in [6.07, 6.45) is 2.92. The van der Waals surface area contributed by atoms with Crippen molar-refractivity contribution in [2.24, 2.45) is 0 Å². The summed E-state index contributed by atoms with van der Waals surface area (Å²) in [7, 11) is 0.